The number of carbonyl (C=O) groups excluding carboxylic acids is 1. The second-order valence-electron chi connectivity index (χ2n) is 9.39. The Morgan fingerprint density at radius 2 is 1.91 bits per heavy atom. The highest BCUT2D eigenvalue weighted by Crippen LogP contribution is 2.34. The summed E-state index contributed by atoms with van der Waals surface area (Å²) in [6, 6.07) is 14.5. The number of nitrogens with zero attached hydrogens (tertiary/aromatic N) is 4. The second kappa shape index (κ2) is 9.42. The number of aromatic nitrogens is 3. The molecule has 0 atom stereocenters. The van der Waals surface area contributed by atoms with Crippen LogP contribution < -0.4 is 15.5 Å². The fourth-order valence-corrected chi connectivity index (χ4v) is 4.32. The monoisotopic (exact) mass is 480 g/mol. The zero-order valence-corrected chi connectivity index (χ0v) is 20.8. The third kappa shape index (κ3) is 5.53. The van der Waals surface area contributed by atoms with Crippen molar-refractivity contribution in [1.82, 2.24) is 19.9 Å². The highest BCUT2D eigenvalue weighted by atomic mass is 32.1. The van der Waals surface area contributed by atoms with E-state index in [-0.39, 0.29) is 30.4 Å². The third-order valence-electron chi connectivity index (χ3n) is 5.10. The van der Waals surface area contributed by atoms with Crippen molar-refractivity contribution in [3.63, 3.8) is 0 Å². The molecule has 7 nitrogen and oxygen atoms in total. The van der Waals surface area contributed by atoms with Crippen LogP contribution in [0.4, 0.5) is 15.3 Å². The molecule has 0 aliphatic rings. The van der Waals surface area contributed by atoms with Crippen LogP contribution in [0.2, 0.25) is 0 Å². The highest BCUT2D eigenvalue weighted by Gasteiger charge is 2.23. The number of hydrogen-bond donors (Lipinski definition) is 2. The first-order valence-electron chi connectivity index (χ1n) is 11.1. The van der Waals surface area contributed by atoms with Crippen LogP contribution in [0.5, 0.6) is 0 Å². The van der Waals surface area contributed by atoms with Gasteiger partial charge in [-0.05, 0) is 45.4 Å². The number of amides is 1. The average molecular weight is 481 g/mol. The zero-order valence-electron chi connectivity index (χ0n) is 20.0. The molecular weight excluding hydrogens is 451 g/mol. The molecule has 4 rings (SSSR count). The number of likely N-dealkylation sites (N-methyl/N-ethyl adjacent to an activating group) is 1. The number of carbonyl (C=O) groups is 1. The quantitative estimate of drug-likeness (QED) is 0.395. The van der Waals surface area contributed by atoms with Crippen LogP contribution in [0, 0.1) is 12.7 Å². The molecular formula is C25H29FN6OS. The fourth-order valence-electron chi connectivity index (χ4n) is 3.46. The first-order valence-corrected chi connectivity index (χ1v) is 11.9. The first-order chi connectivity index (χ1) is 16.1. The lowest BCUT2D eigenvalue weighted by molar-refractivity contribution is -0.119. The topological polar surface area (TPSA) is 74.6 Å². The molecule has 0 bridgehead atoms. The summed E-state index contributed by atoms with van der Waals surface area (Å²) < 4.78 is 15.1. The molecule has 0 radical (unpaired) electrons. The van der Waals surface area contributed by atoms with Crippen LogP contribution in [-0.4, -0.2) is 39.6 Å². The molecule has 1 amide bonds. The van der Waals surface area contributed by atoms with E-state index in [9.17, 15) is 9.18 Å². The first kappa shape index (κ1) is 23.7. The standard InChI is InChI=1S/C25H29FN6OS/c1-16-9-11-18(12-10-16)21-22(29-25(2,3)4)32-23(28-21)34-24(30-32)31(5)15-20(33)27-14-17-7-6-8-19(26)13-17/h6-13,29H,14-15H2,1-5H3,(H,27,33). The van der Waals surface area contributed by atoms with Gasteiger partial charge in [0.15, 0.2) is 5.82 Å². The van der Waals surface area contributed by atoms with E-state index in [2.05, 4.69) is 62.6 Å². The van der Waals surface area contributed by atoms with Gasteiger partial charge in [0.25, 0.3) is 0 Å². The van der Waals surface area contributed by atoms with E-state index in [1.54, 1.807) is 17.0 Å². The van der Waals surface area contributed by atoms with E-state index in [4.69, 9.17) is 10.1 Å². The van der Waals surface area contributed by atoms with Gasteiger partial charge in [-0.1, -0.05) is 53.3 Å². The third-order valence-corrected chi connectivity index (χ3v) is 6.12. The maximum Gasteiger partial charge on any atom is 0.239 e. The predicted octanol–water partition coefficient (Wildman–Crippen LogP) is 4.87. The van der Waals surface area contributed by atoms with Crippen molar-refractivity contribution < 1.29 is 9.18 Å². The molecule has 9 heteroatoms. The Morgan fingerprint density at radius 3 is 2.59 bits per heavy atom. The number of rotatable bonds is 7. The van der Waals surface area contributed by atoms with Crippen molar-refractivity contribution in [2.75, 3.05) is 23.8 Å². The lowest BCUT2D eigenvalue weighted by Crippen LogP contribution is -2.34. The minimum absolute atomic E-state index is 0.124. The van der Waals surface area contributed by atoms with Gasteiger partial charge in [0.2, 0.25) is 16.0 Å². The number of benzene rings is 2. The van der Waals surface area contributed by atoms with E-state index in [1.165, 1.54) is 29.0 Å². The number of fused-ring (bicyclic) bond motifs is 1. The van der Waals surface area contributed by atoms with Crippen LogP contribution in [0.25, 0.3) is 16.2 Å². The Bertz CT molecular complexity index is 1310. The van der Waals surface area contributed by atoms with Crippen LogP contribution in [-0.2, 0) is 11.3 Å². The molecule has 4 aromatic rings. The predicted molar refractivity (Wildman–Crippen MR) is 136 cm³/mol. The number of anilines is 2. The van der Waals surface area contributed by atoms with Gasteiger partial charge in [-0.3, -0.25) is 4.79 Å². The van der Waals surface area contributed by atoms with Crippen molar-refractivity contribution in [3.05, 3.63) is 65.5 Å². The van der Waals surface area contributed by atoms with Gasteiger partial charge in [0.1, 0.15) is 11.5 Å². The summed E-state index contributed by atoms with van der Waals surface area (Å²) in [4.78, 5) is 19.8. The van der Waals surface area contributed by atoms with Crippen molar-refractivity contribution >= 4 is 33.2 Å². The lowest BCUT2D eigenvalue weighted by atomic mass is 10.1. The van der Waals surface area contributed by atoms with Crippen LogP contribution in [0.15, 0.2) is 48.5 Å². The Morgan fingerprint density at radius 1 is 1.18 bits per heavy atom. The molecule has 2 aromatic carbocycles. The van der Waals surface area contributed by atoms with Gasteiger partial charge in [-0.15, -0.1) is 5.10 Å². The summed E-state index contributed by atoms with van der Waals surface area (Å²) in [5, 5.41) is 11.8. The molecule has 0 saturated carbocycles. The van der Waals surface area contributed by atoms with Crippen LogP contribution in [0.3, 0.4) is 0 Å². The number of nitrogens with one attached hydrogen (secondary N) is 2. The highest BCUT2D eigenvalue weighted by molar-refractivity contribution is 7.20. The van der Waals surface area contributed by atoms with E-state index in [0.717, 1.165) is 22.0 Å². The summed E-state index contributed by atoms with van der Waals surface area (Å²) in [6.07, 6.45) is 0. The largest absolute Gasteiger partial charge is 0.364 e. The average Bonchev–Trinajstić information content (AvgIpc) is 3.31. The minimum atomic E-state index is -0.320. The Balaban J connectivity index is 1.54. The summed E-state index contributed by atoms with van der Waals surface area (Å²) in [6.45, 7) is 8.72. The summed E-state index contributed by atoms with van der Waals surface area (Å²) in [5.41, 5.74) is 3.57. The zero-order chi connectivity index (χ0) is 24.5. The maximum atomic E-state index is 13.3. The van der Waals surface area contributed by atoms with Crippen LogP contribution >= 0.6 is 11.3 Å². The van der Waals surface area contributed by atoms with Gasteiger partial charge in [0, 0.05) is 24.7 Å². The number of hydrogen-bond acceptors (Lipinski definition) is 6. The van der Waals surface area contributed by atoms with Crippen molar-refractivity contribution in [3.8, 4) is 11.3 Å². The van der Waals surface area contributed by atoms with Gasteiger partial charge < -0.3 is 15.5 Å². The van der Waals surface area contributed by atoms with Gasteiger partial charge in [0.05, 0.1) is 6.54 Å². The van der Waals surface area contributed by atoms with Crippen molar-refractivity contribution in [1.29, 1.82) is 0 Å². The number of halogens is 1. The Hall–Kier alpha value is -3.46. The van der Waals surface area contributed by atoms with Gasteiger partial charge in [-0.25, -0.2) is 9.37 Å². The molecule has 2 heterocycles. The summed E-state index contributed by atoms with van der Waals surface area (Å²) in [5.74, 6) is 0.325. The smallest absolute Gasteiger partial charge is 0.239 e. The Kier molecular flexibility index (Phi) is 6.56. The van der Waals surface area contributed by atoms with Crippen LogP contribution in [0.1, 0.15) is 31.9 Å². The molecule has 0 fully saturated rings. The fraction of sp³-hybridized carbons (Fsp3) is 0.320. The van der Waals surface area contributed by atoms with E-state index in [0.29, 0.717) is 10.7 Å². The van der Waals surface area contributed by atoms with E-state index < -0.39 is 0 Å². The molecule has 0 unspecified atom stereocenters. The molecule has 178 valence electrons. The molecule has 2 N–H and O–H groups in total. The molecule has 0 aliphatic carbocycles. The second-order valence-corrected chi connectivity index (χ2v) is 10.3. The van der Waals surface area contributed by atoms with Crippen molar-refractivity contribution in [2.24, 2.45) is 0 Å². The molecule has 0 aliphatic heterocycles. The van der Waals surface area contributed by atoms with Gasteiger partial charge >= 0.3 is 0 Å². The number of aryl methyl sites for hydroxylation is 1. The molecule has 0 saturated heterocycles. The normalized spacial score (nSPS) is 11.6. The lowest BCUT2D eigenvalue weighted by Gasteiger charge is -2.22. The number of imidazole rings is 1. The molecule has 34 heavy (non-hydrogen) atoms. The maximum absolute atomic E-state index is 13.3. The van der Waals surface area contributed by atoms with E-state index >= 15 is 0 Å². The van der Waals surface area contributed by atoms with Crippen molar-refractivity contribution in [2.45, 2.75) is 39.8 Å². The minimum Gasteiger partial charge on any atom is -0.364 e. The van der Waals surface area contributed by atoms with Gasteiger partial charge in [-0.2, -0.15) is 4.52 Å². The summed E-state index contributed by atoms with van der Waals surface area (Å²) >= 11 is 1.42. The molecule has 2 aromatic heterocycles. The van der Waals surface area contributed by atoms with E-state index in [1.807, 2.05) is 11.6 Å². The Labute approximate surface area is 202 Å². The SMILES string of the molecule is Cc1ccc(-c2nc3sc(N(C)CC(=O)NCc4cccc(F)c4)nn3c2NC(C)(C)C)cc1. The molecule has 0 spiro atoms. The summed E-state index contributed by atoms with van der Waals surface area (Å²) in [7, 11) is 1.82.